The lowest BCUT2D eigenvalue weighted by Crippen LogP contribution is -2.28. The van der Waals surface area contributed by atoms with Gasteiger partial charge in [-0.15, -0.1) is 0 Å². The van der Waals surface area contributed by atoms with E-state index in [4.69, 9.17) is 0 Å². The number of benzene rings is 1. The number of aldehydes is 1. The molecule has 4 heteroatoms. The van der Waals surface area contributed by atoms with E-state index in [0.717, 1.165) is 24.8 Å². The first kappa shape index (κ1) is 10.4. The summed E-state index contributed by atoms with van der Waals surface area (Å²) in [4.78, 5) is 11.1. The average Bonchev–Trinajstić information content (AvgIpc) is 3.10. The van der Waals surface area contributed by atoms with Crippen molar-refractivity contribution in [3.8, 4) is 0 Å². The molecule has 1 unspecified atom stereocenters. The Morgan fingerprint density at radius 3 is 2.76 bits per heavy atom. The van der Waals surface area contributed by atoms with Gasteiger partial charge in [-0.3, -0.25) is 5.01 Å². The number of rotatable bonds is 3. The zero-order valence-corrected chi connectivity index (χ0v) is 9.34. The number of anilines is 1. The van der Waals surface area contributed by atoms with Gasteiger partial charge in [0.05, 0.1) is 5.69 Å². The molecule has 17 heavy (non-hydrogen) atoms. The van der Waals surface area contributed by atoms with Crippen molar-refractivity contribution in [1.82, 2.24) is 0 Å². The van der Waals surface area contributed by atoms with E-state index < -0.39 is 0 Å². The molecule has 88 valence electrons. The van der Waals surface area contributed by atoms with Gasteiger partial charge in [0.2, 0.25) is 0 Å². The maximum atomic E-state index is 13.7. The van der Waals surface area contributed by atoms with Crippen molar-refractivity contribution < 1.29 is 9.18 Å². The number of halogens is 1. The third-order valence-corrected chi connectivity index (χ3v) is 3.27. The fourth-order valence-corrected chi connectivity index (χ4v) is 2.19. The van der Waals surface area contributed by atoms with Crippen LogP contribution in [0.3, 0.4) is 0 Å². The van der Waals surface area contributed by atoms with Crippen molar-refractivity contribution in [2.75, 3.05) is 5.01 Å². The van der Waals surface area contributed by atoms with Crippen LogP contribution in [0.15, 0.2) is 29.4 Å². The molecule has 0 N–H and O–H groups in total. The van der Waals surface area contributed by atoms with Crippen LogP contribution in [0.2, 0.25) is 0 Å². The van der Waals surface area contributed by atoms with E-state index in [9.17, 15) is 9.18 Å². The first-order chi connectivity index (χ1) is 8.29. The summed E-state index contributed by atoms with van der Waals surface area (Å²) in [7, 11) is 0. The molecule has 2 aliphatic rings. The molecule has 1 aromatic rings. The first-order valence-electron chi connectivity index (χ1n) is 5.86. The molecule has 1 aromatic carbocycles. The lowest BCUT2D eigenvalue weighted by molar-refractivity contribution is -0.108. The molecule has 1 heterocycles. The molecule has 0 amide bonds. The van der Waals surface area contributed by atoms with Gasteiger partial charge in [0.15, 0.2) is 0 Å². The van der Waals surface area contributed by atoms with E-state index >= 15 is 0 Å². The van der Waals surface area contributed by atoms with Gasteiger partial charge in [-0.05, 0) is 30.9 Å². The molecule has 1 aliphatic carbocycles. The van der Waals surface area contributed by atoms with Crippen molar-refractivity contribution in [2.24, 2.45) is 11.0 Å². The van der Waals surface area contributed by atoms with Crippen molar-refractivity contribution in [1.29, 1.82) is 0 Å². The zero-order chi connectivity index (χ0) is 11.8. The van der Waals surface area contributed by atoms with Crippen molar-refractivity contribution in [2.45, 2.75) is 25.3 Å². The summed E-state index contributed by atoms with van der Waals surface area (Å²) in [5.41, 5.74) is 1.44. The minimum atomic E-state index is -0.345. The molecule has 0 aromatic heterocycles. The highest BCUT2D eigenvalue weighted by atomic mass is 19.1. The first-order valence-corrected chi connectivity index (χ1v) is 5.86. The number of nitrogens with zero attached hydrogens (tertiary/aromatic N) is 2. The lowest BCUT2D eigenvalue weighted by Gasteiger charge is -2.19. The van der Waals surface area contributed by atoms with Crippen molar-refractivity contribution in [3.63, 3.8) is 0 Å². The molecule has 1 aliphatic heterocycles. The fourth-order valence-electron chi connectivity index (χ4n) is 2.19. The fraction of sp³-hybridized carbons (Fsp3) is 0.385. The second kappa shape index (κ2) is 3.95. The molecule has 3 rings (SSSR count). The van der Waals surface area contributed by atoms with Crippen LogP contribution < -0.4 is 5.01 Å². The largest absolute Gasteiger partial charge is 0.301 e. The summed E-state index contributed by atoms with van der Waals surface area (Å²) >= 11 is 0. The van der Waals surface area contributed by atoms with E-state index in [0.29, 0.717) is 18.0 Å². The van der Waals surface area contributed by atoms with Crippen LogP contribution in [-0.4, -0.2) is 18.0 Å². The normalized spacial score (nSPS) is 23.7. The Morgan fingerprint density at radius 1 is 1.35 bits per heavy atom. The number of carbonyl (C=O) groups excluding carboxylic acids is 1. The van der Waals surface area contributed by atoms with Crippen LogP contribution in [-0.2, 0) is 4.79 Å². The van der Waals surface area contributed by atoms with Crippen LogP contribution in [0.1, 0.15) is 19.3 Å². The van der Waals surface area contributed by atoms with Gasteiger partial charge >= 0.3 is 0 Å². The Bertz CT molecular complexity index is 482. The minimum Gasteiger partial charge on any atom is -0.301 e. The summed E-state index contributed by atoms with van der Waals surface area (Å²) < 4.78 is 13.7. The molecule has 1 fully saturated rings. The van der Waals surface area contributed by atoms with Crippen LogP contribution in [0.4, 0.5) is 10.1 Å². The highest BCUT2D eigenvalue weighted by Gasteiger charge is 2.36. The van der Waals surface area contributed by atoms with Gasteiger partial charge in [-0.25, -0.2) is 4.39 Å². The van der Waals surface area contributed by atoms with Gasteiger partial charge in [0, 0.05) is 12.1 Å². The Labute approximate surface area is 98.9 Å². The summed E-state index contributed by atoms with van der Waals surface area (Å²) in [6, 6.07) is 6.09. The lowest BCUT2D eigenvalue weighted by atomic mass is 10.1. The highest BCUT2D eigenvalue weighted by molar-refractivity contribution is 5.95. The van der Waals surface area contributed by atoms with Gasteiger partial charge < -0.3 is 4.79 Å². The Balaban J connectivity index is 1.94. The number of hydrazone groups is 1. The van der Waals surface area contributed by atoms with Crippen molar-refractivity contribution in [3.05, 3.63) is 30.1 Å². The molecule has 0 bridgehead atoms. The summed E-state index contributed by atoms with van der Waals surface area (Å²) in [5.74, 6) is 0.189. The molecular weight excluding hydrogens is 219 g/mol. The van der Waals surface area contributed by atoms with Gasteiger partial charge in [0.1, 0.15) is 18.1 Å². The maximum absolute atomic E-state index is 13.7. The smallest absolute Gasteiger partial charge is 0.148 e. The Morgan fingerprint density at radius 2 is 2.12 bits per heavy atom. The molecule has 0 saturated heterocycles. The van der Waals surface area contributed by atoms with E-state index in [-0.39, 0.29) is 11.9 Å². The topological polar surface area (TPSA) is 32.7 Å². The molecule has 0 radical (unpaired) electrons. The minimum absolute atomic E-state index is 0.333. The summed E-state index contributed by atoms with van der Waals surface area (Å²) in [6.07, 6.45) is 3.79. The van der Waals surface area contributed by atoms with Crippen LogP contribution >= 0.6 is 0 Å². The van der Waals surface area contributed by atoms with Gasteiger partial charge in [-0.1, -0.05) is 12.1 Å². The number of hydrogen-bond donors (Lipinski definition) is 0. The average molecular weight is 232 g/mol. The Kier molecular flexibility index (Phi) is 2.42. The molecule has 1 atom stereocenters. The Hall–Kier alpha value is -1.71. The molecular formula is C13H13FN2O. The SMILES string of the molecule is O=CC1CC(C2CC2)=NN1c1ccccc1F. The van der Waals surface area contributed by atoms with Crippen LogP contribution in [0.25, 0.3) is 0 Å². The standard InChI is InChI=1S/C13H13FN2O/c14-11-3-1-2-4-13(11)16-10(8-17)7-12(15-16)9-5-6-9/h1-4,8-10H,5-7H2. The highest BCUT2D eigenvalue weighted by Crippen LogP contribution is 2.37. The summed E-state index contributed by atoms with van der Waals surface area (Å²) in [6.45, 7) is 0. The maximum Gasteiger partial charge on any atom is 0.148 e. The van der Waals surface area contributed by atoms with Crippen LogP contribution in [0, 0.1) is 11.7 Å². The summed E-state index contributed by atoms with van der Waals surface area (Å²) in [5, 5.41) is 5.94. The van der Waals surface area contributed by atoms with Crippen molar-refractivity contribution >= 4 is 17.7 Å². The number of hydrogen-bond acceptors (Lipinski definition) is 3. The predicted molar refractivity (Wildman–Crippen MR) is 63.5 cm³/mol. The number of para-hydroxylation sites is 1. The van der Waals surface area contributed by atoms with E-state index in [1.807, 2.05) is 0 Å². The second-order valence-corrected chi connectivity index (χ2v) is 4.57. The third kappa shape index (κ3) is 1.84. The molecule has 1 saturated carbocycles. The predicted octanol–water partition coefficient (Wildman–Crippen LogP) is 2.37. The van der Waals surface area contributed by atoms with E-state index in [1.54, 1.807) is 18.2 Å². The van der Waals surface area contributed by atoms with Gasteiger partial charge in [0.25, 0.3) is 0 Å². The monoisotopic (exact) mass is 232 g/mol. The van der Waals surface area contributed by atoms with E-state index in [1.165, 1.54) is 11.1 Å². The molecule has 0 spiro atoms. The second-order valence-electron chi connectivity index (χ2n) is 4.57. The quantitative estimate of drug-likeness (QED) is 0.749. The molecule has 3 nitrogen and oxygen atoms in total. The zero-order valence-electron chi connectivity index (χ0n) is 9.34. The van der Waals surface area contributed by atoms with E-state index in [2.05, 4.69) is 5.10 Å². The number of carbonyl (C=O) groups is 1. The third-order valence-electron chi connectivity index (χ3n) is 3.27. The van der Waals surface area contributed by atoms with Crippen LogP contribution in [0.5, 0.6) is 0 Å². The van der Waals surface area contributed by atoms with Gasteiger partial charge in [-0.2, -0.15) is 5.10 Å².